The van der Waals surface area contributed by atoms with Crippen molar-refractivity contribution in [3.63, 3.8) is 0 Å². The van der Waals surface area contributed by atoms with Gasteiger partial charge in [0.15, 0.2) is 0 Å². The summed E-state index contributed by atoms with van der Waals surface area (Å²) in [6, 6.07) is 0. The molecule has 0 aromatic heterocycles. The minimum Gasteiger partial charge on any atom is -0.339 e. The van der Waals surface area contributed by atoms with E-state index >= 15 is 0 Å². The van der Waals surface area contributed by atoms with Crippen LogP contribution >= 0.6 is 0 Å². The summed E-state index contributed by atoms with van der Waals surface area (Å²) in [7, 11) is 0. The second-order valence-electron chi connectivity index (χ2n) is 5.71. The van der Waals surface area contributed by atoms with E-state index in [2.05, 4.69) is 20.8 Å². The van der Waals surface area contributed by atoms with E-state index in [-0.39, 0.29) is 11.5 Å². The van der Waals surface area contributed by atoms with Gasteiger partial charge in [0.05, 0.1) is 5.54 Å². The van der Waals surface area contributed by atoms with E-state index < -0.39 is 0 Å². The molecule has 1 aliphatic carbocycles. The quantitative estimate of drug-likeness (QED) is 0.761. The first-order chi connectivity index (χ1) is 6.94. The maximum atomic E-state index is 12.0. The molecule has 1 heterocycles. The van der Waals surface area contributed by atoms with Crippen molar-refractivity contribution in [3.8, 4) is 0 Å². The molecule has 0 aromatic rings. The molecule has 1 saturated heterocycles. The van der Waals surface area contributed by atoms with Gasteiger partial charge in [0.1, 0.15) is 0 Å². The lowest BCUT2D eigenvalue weighted by atomic mass is 9.79. The zero-order valence-corrected chi connectivity index (χ0v) is 9.99. The third-order valence-electron chi connectivity index (χ3n) is 4.15. The summed E-state index contributed by atoms with van der Waals surface area (Å²) in [5.74, 6) is 1.66. The van der Waals surface area contributed by atoms with E-state index in [4.69, 9.17) is 5.73 Å². The number of likely N-dealkylation sites (tertiary alicyclic amines) is 1. The Balaban J connectivity index is 1.85. The molecule has 2 aliphatic rings. The van der Waals surface area contributed by atoms with Gasteiger partial charge in [-0.25, -0.2) is 0 Å². The van der Waals surface area contributed by atoms with Gasteiger partial charge >= 0.3 is 0 Å². The second kappa shape index (κ2) is 3.48. The highest BCUT2D eigenvalue weighted by Gasteiger charge is 2.46. The smallest absolute Gasteiger partial charge is 0.225 e. The van der Waals surface area contributed by atoms with Gasteiger partial charge in [0.2, 0.25) is 5.91 Å². The normalized spacial score (nSPS) is 26.3. The summed E-state index contributed by atoms with van der Waals surface area (Å²) in [4.78, 5) is 13.9. The molecule has 86 valence electrons. The zero-order valence-electron chi connectivity index (χ0n) is 9.99. The molecule has 1 unspecified atom stereocenters. The van der Waals surface area contributed by atoms with Gasteiger partial charge in [0, 0.05) is 19.0 Å². The molecular formula is C12H22N2O. The first-order valence-electron chi connectivity index (χ1n) is 6.02. The van der Waals surface area contributed by atoms with Crippen molar-refractivity contribution in [2.45, 2.75) is 39.2 Å². The van der Waals surface area contributed by atoms with Crippen molar-refractivity contribution in [2.24, 2.45) is 23.5 Å². The molecule has 3 nitrogen and oxygen atoms in total. The third-order valence-corrected chi connectivity index (χ3v) is 4.15. The number of hydrogen-bond acceptors (Lipinski definition) is 2. The molecule has 0 aromatic carbocycles. The molecule has 1 aliphatic heterocycles. The van der Waals surface area contributed by atoms with Crippen LogP contribution in [0.25, 0.3) is 0 Å². The maximum absolute atomic E-state index is 12.0. The van der Waals surface area contributed by atoms with E-state index in [0.29, 0.717) is 17.7 Å². The number of nitrogens with two attached hydrogens (primary N) is 1. The first kappa shape index (κ1) is 10.9. The summed E-state index contributed by atoms with van der Waals surface area (Å²) in [5, 5.41) is 0. The van der Waals surface area contributed by atoms with Crippen LogP contribution in [-0.4, -0.2) is 29.4 Å². The van der Waals surface area contributed by atoms with Gasteiger partial charge in [-0.3, -0.25) is 4.79 Å². The van der Waals surface area contributed by atoms with E-state index in [0.717, 1.165) is 13.1 Å². The number of amides is 1. The van der Waals surface area contributed by atoms with Gasteiger partial charge in [-0.05, 0) is 24.7 Å². The topological polar surface area (TPSA) is 46.3 Å². The molecule has 2 N–H and O–H groups in total. The predicted molar refractivity (Wildman–Crippen MR) is 60.2 cm³/mol. The van der Waals surface area contributed by atoms with Crippen LogP contribution in [0.1, 0.15) is 33.6 Å². The van der Waals surface area contributed by atoms with E-state index in [1.54, 1.807) is 0 Å². The van der Waals surface area contributed by atoms with Crippen LogP contribution in [0.5, 0.6) is 0 Å². The van der Waals surface area contributed by atoms with Crippen LogP contribution in [-0.2, 0) is 4.79 Å². The fourth-order valence-corrected chi connectivity index (χ4v) is 2.27. The van der Waals surface area contributed by atoms with Gasteiger partial charge in [-0.2, -0.15) is 0 Å². The van der Waals surface area contributed by atoms with E-state index in [1.807, 2.05) is 4.90 Å². The SMILES string of the molecule is CC(C(=O)N1CC(N)(C(C)C)C1)C1CC1. The Hall–Kier alpha value is -0.570. The monoisotopic (exact) mass is 210 g/mol. The van der Waals surface area contributed by atoms with Crippen LogP contribution in [0.3, 0.4) is 0 Å². The third kappa shape index (κ3) is 1.89. The Labute approximate surface area is 92.0 Å². The van der Waals surface area contributed by atoms with Crippen LogP contribution in [0.15, 0.2) is 0 Å². The highest BCUT2D eigenvalue weighted by Crippen LogP contribution is 2.39. The Morgan fingerprint density at radius 1 is 1.33 bits per heavy atom. The molecule has 0 spiro atoms. The Morgan fingerprint density at radius 3 is 2.27 bits per heavy atom. The van der Waals surface area contributed by atoms with Crippen molar-refractivity contribution in [1.29, 1.82) is 0 Å². The standard InChI is InChI=1S/C12H22N2O/c1-8(2)12(13)6-14(7-12)11(15)9(3)10-4-5-10/h8-10H,4-7,13H2,1-3H3. The van der Waals surface area contributed by atoms with Crippen LogP contribution in [0.4, 0.5) is 0 Å². The Morgan fingerprint density at radius 2 is 1.87 bits per heavy atom. The number of carbonyl (C=O) groups is 1. The highest BCUT2D eigenvalue weighted by molar-refractivity contribution is 5.80. The van der Waals surface area contributed by atoms with Gasteiger partial charge in [0.25, 0.3) is 0 Å². The van der Waals surface area contributed by atoms with Crippen molar-refractivity contribution in [3.05, 3.63) is 0 Å². The molecule has 3 heteroatoms. The molecule has 0 radical (unpaired) electrons. The van der Waals surface area contributed by atoms with Gasteiger partial charge < -0.3 is 10.6 Å². The Kier molecular flexibility index (Phi) is 2.53. The van der Waals surface area contributed by atoms with E-state index in [1.165, 1.54) is 12.8 Å². The molecule has 0 bridgehead atoms. The Bertz CT molecular complexity index is 265. The average molecular weight is 210 g/mol. The van der Waals surface area contributed by atoms with Crippen molar-refractivity contribution < 1.29 is 4.79 Å². The average Bonchev–Trinajstić information content (AvgIpc) is 2.93. The summed E-state index contributed by atoms with van der Waals surface area (Å²) in [6.45, 7) is 7.82. The number of rotatable bonds is 3. The lowest BCUT2D eigenvalue weighted by molar-refractivity contribution is -0.144. The second-order valence-corrected chi connectivity index (χ2v) is 5.71. The molecule has 1 amide bonds. The lowest BCUT2D eigenvalue weighted by Gasteiger charge is -2.51. The summed E-state index contributed by atoms with van der Waals surface area (Å²) in [5.41, 5.74) is 6.05. The minimum atomic E-state index is -0.126. The summed E-state index contributed by atoms with van der Waals surface area (Å²) < 4.78 is 0. The fourth-order valence-electron chi connectivity index (χ4n) is 2.27. The van der Waals surface area contributed by atoms with E-state index in [9.17, 15) is 4.79 Å². The minimum absolute atomic E-state index is 0.126. The molecular weight excluding hydrogens is 188 g/mol. The molecule has 1 saturated carbocycles. The largest absolute Gasteiger partial charge is 0.339 e. The predicted octanol–water partition coefficient (Wildman–Crippen LogP) is 1.23. The summed E-state index contributed by atoms with van der Waals surface area (Å²) in [6.07, 6.45) is 2.47. The van der Waals surface area contributed by atoms with Gasteiger partial charge in [-0.15, -0.1) is 0 Å². The van der Waals surface area contributed by atoms with Crippen molar-refractivity contribution in [2.75, 3.05) is 13.1 Å². The molecule has 15 heavy (non-hydrogen) atoms. The van der Waals surface area contributed by atoms with Crippen LogP contribution < -0.4 is 5.73 Å². The summed E-state index contributed by atoms with van der Waals surface area (Å²) >= 11 is 0. The molecule has 1 atom stereocenters. The number of carbonyl (C=O) groups excluding carboxylic acids is 1. The first-order valence-corrected chi connectivity index (χ1v) is 6.02. The van der Waals surface area contributed by atoms with Crippen molar-refractivity contribution in [1.82, 2.24) is 4.90 Å². The van der Waals surface area contributed by atoms with Crippen LogP contribution in [0, 0.1) is 17.8 Å². The van der Waals surface area contributed by atoms with Crippen molar-refractivity contribution >= 4 is 5.91 Å². The molecule has 2 rings (SSSR count). The number of hydrogen-bond donors (Lipinski definition) is 1. The highest BCUT2D eigenvalue weighted by atomic mass is 16.2. The number of nitrogens with zero attached hydrogens (tertiary/aromatic N) is 1. The molecule has 2 fully saturated rings. The fraction of sp³-hybridized carbons (Fsp3) is 0.917. The zero-order chi connectivity index (χ0) is 11.2. The lowest BCUT2D eigenvalue weighted by Crippen LogP contribution is -2.71. The van der Waals surface area contributed by atoms with Gasteiger partial charge in [-0.1, -0.05) is 20.8 Å². The van der Waals surface area contributed by atoms with Crippen LogP contribution in [0.2, 0.25) is 0 Å². The maximum Gasteiger partial charge on any atom is 0.225 e.